The Labute approximate surface area is 177 Å². The molecule has 8 heteroatoms. The number of sulfonamides is 1. The molecule has 0 bridgehead atoms. The third kappa shape index (κ3) is 4.38. The molecule has 0 radical (unpaired) electrons. The minimum atomic E-state index is -3.89. The maximum atomic E-state index is 12.9. The van der Waals surface area contributed by atoms with Gasteiger partial charge in [0.25, 0.3) is 10.0 Å². The third-order valence-corrected chi connectivity index (χ3v) is 6.93. The van der Waals surface area contributed by atoms with E-state index in [-0.39, 0.29) is 22.6 Å². The summed E-state index contributed by atoms with van der Waals surface area (Å²) in [5, 5.41) is 3.05. The lowest BCUT2D eigenvalue weighted by Gasteiger charge is -2.19. The highest BCUT2D eigenvalue weighted by molar-refractivity contribution is 7.92. The summed E-state index contributed by atoms with van der Waals surface area (Å²) in [6, 6.07) is 11.7. The molecule has 0 unspecified atom stereocenters. The number of benzene rings is 2. The van der Waals surface area contributed by atoms with E-state index in [0.717, 1.165) is 24.8 Å². The minimum Gasteiger partial charge on any atom is -0.497 e. The normalized spacial score (nSPS) is 15.7. The van der Waals surface area contributed by atoms with Crippen molar-refractivity contribution in [2.75, 3.05) is 18.9 Å². The summed E-state index contributed by atoms with van der Waals surface area (Å²) in [7, 11) is -1.01. The zero-order valence-electron chi connectivity index (χ0n) is 17.7. The predicted molar refractivity (Wildman–Crippen MR) is 116 cm³/mol. The molecule has 1 saturated carbocycles. The summed E-state index contributed by atoms with van der Waals surface area (Å²) >= 11 is 0. The molecule has 0 spiro atoms. The summed E-state index contributed by atoms with van der Waals surface area (Å²) < 4.78 is 38.7. The summed E-state index contributed by atoms with van der Waals surface area (Å²) in [6.07, 6.45) is 2.46. The van der Waals surface area contributed by atoms with Crippen molar-refractivity contribution in [1.29, 1.82) is 0 Å². The smallest absolute Gasteiger partial charge is 0.265 e. The van der Waals surface area contributed by atoms with Crippen LogP contribution in [0, 0.1) is 0 Å². The highest BCUT2D eigenvalue weighted by Gasteiger charge is 2.51. The van der Waals surface area contributed by atoms with Gasteiger partial charge in [-0.1, -0.05) is 19.1 Å². The van der Waals surface area contributed by atoms with Crippen molar-refractivity contribution in [2.45, 2.75) is 49.5 Å². The van der Waals surface area contributed by atoms with Gasteiger partial charge in [-0.15, -0.1) is 0 Å². The molecule has 2 N–H and O–H groups in total. The Morgan fingerprint density at radius 3 is 2.30 bits per heavy atom. The molecule has 0 aromatic heterocycles. The van der Waals surface area contributed by atoms with Gasteiger partial charge in [0, 0.05) is 17.8 Å². The summed E-state index contributed by atoms with van der Waals surface area (Å²) in [5.74, 6) is 0.666. The molecule has 0 saturated heterocycles. The molecule has 1 fully saturated rings. The molecule has 7 nitrogen and oxygen atoms in total. The number of rotatable bonds is 9. The molecule has 162 valence electrons. The number of anilines is 1. The second-order valence-electron chi connectivity index (χ2n) is 7.56. The first-order valence-electron chi connectivity index (χ1n) is 9.92. The van der Waals surface area contributed by atoms with E-state index in [1.165, 1.54) is 20.3 Å². The summed E-state index contributed by atoms with van der Waals surface area (Å²) in [4.78, 5) is 12.7. The van der Waals surface area contributed by atoms with Crippen LogP contribution in [0.3, 0.4) is 0 Å². The zero-order chi connectivity index (χ0) is 21.9. The minimum absolute atomic E-state index is 0.0139. The maximum Gasteiger partial charge on any atom is 0.265 e. The quantitative estimate of drug-likeness (QED) is 0.633. The Hall–Kier alpha value is -2.74. The van der Waals surface area contributed by atoms with Crippen LogP contribution in [0.4, 0.5) is 5.69 Å². The number of hydrogen-bond acceptors (Lipinski definition) is 5. The van der Waals surface area contributed by atoms with Gasteiger partial charge >= 0.3 is 0 Å². The monoisotopic (exact) mass is 432 g/mol. The average Bonchev–Trinajstić information content (AvgIpc) is 3.55. The number of methoxy groups -OCH3 is 2. The van der Waals surface area contributed by atoms with Gasteiger partial charge in [0.15, 0.2) is 0 Å². The van der Waals surface area contributed by atoms with Gasteiger partial charge in [0.1, 0.15) is 16.4 Å². The van der Waals surface area contributed by atoms with Gasteiger partial charge in [-0.2, -0.15) is 0 Å². The zero-order valence-corrected chi connectivity index (χ0v) is 18.5. The van der Waals surface area contributed by atoms with Crippen molar-refractivity contribution in [2.24, 2.45) is 0 Å². The molecule has 1 aliphatic carbocycles. The lowest BCUT2D eigenvalue weighted by molar-refractivity contribution is -0.124. The van der Waals surface area contributed by atoms with Crippen molar-refractivity contribution >= 4 is 21.6 Å². The molecular weight excluding hydrogens is 404 g/mol. The van der Waals surface area contributed by atoms with Gasteiger partial charge < -0.3 is 14.8 Å². The molecule has 30 heavy (non-hydrogen) atoms. The largest absolute Gasteiger partial charge is 0.497 e. The van der Waals surface area contributed by atoms with Crippen molar-refractivity contribution in [3.63, 3.8) is 0 Å². The second kappa shape index (κ2) is 8.55. The topological polar surface area (TPSA) is 93.7 Å². The number of carbonyl (C=O) groups excluding carboxylic acids is 1. The number of amides is 1. The van der Waals surface area contributed by atoms with Crippen LogP contribution in [0.5, 0.6) is 11.5 Å². The molecule has 0 heterocycles. The third-order valence-electron chi connectivity index (χ3n) is 5.52. The fourth-order valence-electron chi connectivity index (χ4n) is 3.30. The molecule has 2 aromatic carbocycles. The van der Waals surface area contributed by atoms with Crippen LogP contribution in [0.15, 0.2) is 47.4 Å². The Bertz CT molecular complexity index is 1010. The van der Waals surface area contributed by atoms with E-state index in [9.17, 15) is 13.2 Å². The fraction of sp³-hybridized carbons (Fsp3) is 0.409. The molecule has 1 atom stereocenters. The highest BCUT2D eigenvalue weighted by Crippen LogP contribution is 2.48. The molecule has 0 aliphatic heterocycles. The van der Waals surface area contributed by atoms with Crippen molar-refractivity contribution in [1.82, 2.24) is 5.32 Å². The Morgan fingerprint density at radius 1 is 1.10 bits per heavy atom. The van der Waals surface area contributed by atoms with Gasteiger partial charge in [-0.3, -0.25) is 9.52 Å². The van der Waals surface area contributed by atoms with Crippen LogP contribution >= 0.6 is 0 Å². The van der Waals surface area contributed by atoms with E-state index in [1.807, 2.05) is 26.0 Å². The van der Waals surface area contributed by atoms with Crippen LogP contribution in [-0.2, 0) is 20.2 Å². The van der Waals surface area contributed by atoms with E-state index >= 15 is 0 Å². The van der Waals surface area contributed by atoms with E-state index < -0.39 is 15.4 Å². The van der Waals surface area contributed by atoms with Crippen LogP contribution < -0.4 is 19.5 Å². The predicted octanol–water partition coefficient (Wildman–Crippen LogP) is 3.45. The van der Waals surface area contributed by atoms with Crippen molar-refractivity contribution < 1.29 is 22.7 Å². The first-order chi connectivity index (χ1) is 14.3. The number of nitrogens with one attached hydrogen (secondary N) is 2. The van der Waals surface area contributed by atoms with Crippen molar-refractivity contribution in [3.8, 4) is 11.5 Å². The van der Waals surface area contributed by atoms with Gasteiger partial charge in [-0.25, -0.2) is 8.42 Å². The fourth-order valence-corrected chi connectivity index (χ4v) is 4.54. The van der Waals surface area contributed by atoms with E-state index in [4.69, 9.17) is 9.47 Å². The Balaban J connectivity index is 1.80. The average molecular weight is 433 g/mol. The number of carbonyl (C=O) groups is 1. The second-order valence-corrected chi connectivity index (χ2v) is 9.22. The molecule has 1 aliphatic rings. The summed E-state index contributed by atoms with van der Waals surface area (Å²) in [5.41, 5.74) is 0.795. The lowest BCUT2D eigenvalue weighted by Crippen LogP contribution is -2.39. The van der Waals surface area contributed by atoms with Crippen LogP contribution in [0.1, 0.15) is 38.7 Å². The van der Waals surface area contributed by atoms with Gasteiger partial charge in [-0.05, 0) is 56.0 Å². The van der Waals surface area contributed by atoms with Crippen LogP contribution in [0.2, 0.25) is 0 Å². The summed E-state index contributed by atoms with van der Waals surface area (Å²) in [6.45, 7) is 4.02. The SMILES string of the molecule is CC[C@@H](C)NC(=O)C1(c2ccc(NS(=O)(=O)c3cc(OC)ccc3OC)cc2)CC1. The number of ether oxygens (including phenoxy) is 2. The molecular formula is C22H28N2O5S. The van der Waals surface area contributed by atoms with Gasteiger partial charge in [0.2, 0.25) is 5.91 Å². The maximum absolute atomic E-state index is 12.9. The van der Waals surface area contributed by atoms with E-state index in [1.54, 1.807) is 24.3 Å². The van der Waals surface area contributed by atoms with Crippen molar-refractivity contribution in [3.05, 3.63) is 48.0 Å². The standard InChI is InChI=1S/C22H28N2O5S/c1-5-15(2)23-21(25)22(12-13-22)16-6-8-17(9-7-16)24-30(26,27)20-14-18(28-3)10-11-19(20)29-4/h6-11,14-15,24H,5,12-13H2,1-4H3,(H,23,25)/t15-/m1/s1. The lowest BCUT2D eigenvalue weighted by atomic mass is 9.94. The van der Waals surface area contributed by atoms with Crippen LogP contribution in [-0.4, -0.2) is 34.6 Å². The van der Waals surface area contributed by atoms with Crippen LogP contribution in [0.25, 0.3) is 0 Å². The molecule has 3 rings (SSSR count). The molecule has 2 aromatic rings. The van der Waals surface area contributed by atoms with E-state index in [0.29, 0.717) is 11.4 Å². The first kappa shape index (κ1) is 22.0. The number of hydrogen-bond donors (Lipinski definition) is 2. The van der Waals surface area contributed by atoms with Gasteiger partial charge in [0.05, 0.1) is 19.6 Å². The Morgan fingerprint density at radius 2 is 1.77 bits per heavy atom. The molecule has 1 amide bonds. The van der Waals surface area contributed by atoms with E-state index in [2.05, 4.69) is 10.0 Å². The first-order valence-corrected chi connectivity index (χ1v) is 11.4. The highest BCUT2D eigenvalue weighted by atomic mass is 32.2. The Kier molecular flexibility index (Phi) is 6.26.